The van der Waals surface area contributed by atoms with Crippen molar-refractivity contribution < 1.29 is 24.5 Å². The first-order valence-corrected chi connectivity index (χ1v) is 5.72. The molecule has 0 fully saturated rings. The fourth-order valence-corrected chi connectivity index (χ4v) is 1.66. The zero-order valence-electron chi connectivity index (χ0n) is 10.3. The largest absolute Gasteiger partial charge is 0.493 e. The topological polar surface area (TPSA) is 83.8 Å². The van der Waals surface area contributed by atoms with E-state index in [9.17, 15) is 14.7 Å². The van der Waals surface area contributed by atoms with E-state index >= 15 is 0 Å². The second-order valence-electron chi connectivity index (χ2n) is 3.67. The van der Waals surface area contributed by atoms with Crippen molar-refractivity contribution in [3.8, 4) is 5.75 Å². The van der Waals surface area contributed by atoms with Crippen molar-refractivity contribution in [1.82, 2.24) is 0 Å². The average molecular weight is 252 g/mol. The van der Waals surface area contributed by atoms with E-state index in [4.69, 9.17) is 9.84 Å². The maximum atomic E-state index is 11.8. The number of ketones is 1. The highest BCUT2D eigenvalue weighted by Gasteiger charge is 2.26. The minimum Gasteiger partial charge on any atom is -0.493 e. The van der Waals surface area contributed by atoms with Gasteiger partial charge in [0.25, 0.3) is 0 Å². The molecule has 98 valence electrons. The van der Waals surface area contributed by atoms with Crippen LogP contribution in [0.4, 0.5) is 0 Å². The Hall–Kier alpha value is -1.88. The van der Waals surface area contributed by atoms with E-state index in [0.29, 0.717) is 6.61 Å². The summed E-state index contributed by atoms with van der Waals surface area (Å²) in [6, 6.07) is 4.64. The number of aliphatic hydroxyl groups excluding tert-OH is 1. The molecule has 0 heterocycles. The monoisotopic (exact) mass is 252 g/mol. The van der Waals surface area contributed by atoms with Crippen LogP contribution >= 0.6 is 0 Å². The highest BCUT2D eigenvalue weighted by molar-refractivity contribution is 5.99. The molecule has 1 unspecified atom stereocenters. The molecule has 5 nitrogen and oxygen atoms in total. The predicted octanol–water partition coefficient (Wildman–Crippen LogP) is 1.80. The van der Waals surface area contributed by atoms with Gasteiger partial charge in [0.15, 0.2) is 11.9 Å². The Morgan fingerprint density at radius 2 is 2.00 bits per heavy atom. The van der Waals surface area contributed by atoms with Crippen LogP contribution in [-0.4, -0.2) is 28.6 Å². The number of ether oxygens (including phenoxy) is 1. The lowest BCUT2D eigenvalue weighted by atomic mass is 9.97. The number of Topliss-reactive ketones (excluding diaryl/α,β-unsaturated/α-hetero) is 1. The summed E-state index contributed by atoms with van der Waals surface area (Å²) < 4.78 is 5.27. The van der Waals surface area contributed by atoms with Gasteiger partial charge >= 0.3 is 5.97 Å². The lowest BCUT2D eigenvalue weighted by Crippen LogP contribution is -2.16. The quantitative estimate of drug-likeness (QED) is 0.754. The molecule has 2 N–H and O–H groups in total. The number of hydrogen-bond acceptors (Lipinski definition) is 4. The van der Waals surface area contributed by atoms with Crippen LogP contribution in [0.3, 0.4) is 0 Å². The van der Waals surface area contributed by atoms with Crippen LogP contribution < -0.4 is 4.74 Å². The molecular weight excluding hydrogens is 236 g/mol. The van der Waals surface area contributed by atoms with Crippen LogP contribution in [-0.2, 0) is 4.79 Å². The van der Waals surface area contributed by atoms with E-state index in [2.05, 4.69) is 0 Å². The van der Waals surface area contributed by atoms with E-state index in [0.717, 1.165) is 0 Å². The van der Waals surface area contributed by atoms with Gasteiger partial charge < -0.3 is 14.9 Å². The van der Waals surface area contributed by atoms with Gasteiger partial charge in [-0.1, -0.05) is 19.1 Å². The molecule has 0 bridgehead atoms. The van der Waals surface area contributed by atoms with Crippen LogP contribution in [0.25, 0.3) is 0 Å². The molecule has 5 heteroatoms. The molecule has 0 aliphatic heterocycles. The standard InChI is InChI=1S/C13H16O5/c1-3-9(14)8-6-5-7-10(18-4-2)11(8)12(15)13(16)17/h5-7,12,15H,3-4H2,1-2H3,(H,16,17). The summed E-state index contributed by atoms with van der Waals surface area (Å²) in [4.78, 5) is 22.7. The van der Waals surface area contributed by atoms with Gasteiger partial charge in [0.2, 0.25) is 0 Å². The third-order valence-corrected chi connectivity index (χ3v) is 2.49. The van der Waals surface area contributed by atoms with Crippen molar-refractivity contribution in [3.63, 3.8) is 0 Å². The Morgan fingerprint density at radius 1 is 1.33 bits per heavy atom. The molecule has 0 aromatic heterocycles. The Kier molecular flexibility index (Phi) is 4.85. The van der Waals surface area contributed by atoms with E-state index in [1.54, 1.807) is 19.9 Å². The summed E-state index contributed by atoms with van der Waals surface area (Å²) >= 11 is 0. The summed E-state index contributed by atoms with van der Waals surface area (Å²) in [5.74, 6) is -1.41. The maximum absolute atomic E-state index is 11.8. The number of carbonyl (C=O) groups excluding carboxylic acids is 1. The molecule has 1 aromatic carbocycles. The smallest absolute Gasteiger partial charge is 0.337 e. The zero-order valence-corrected chi connectivity index (χ0v) is 10.3. The summed E-state index contributed by atoms with van der Waals surface area (Å²) in [6.45, 7) is 3.74. The second-order valence-corrected chi connectivity index (χ2v) is 3.67. The lowest BCUT2D eigenvalue weighted by Gasteiger charge is -2.16. The van der Waals surface area contributed by atoms with Gasteiger partial charge in [0, 0.05) is 17.5 Å². The average Bonchev–Trinajstić information content (AvgIpc) is 2.37. The van der Waals surface area contributed by atoms with Crippen molar-refractivity contribution in [2.24, 2.45) is 0 Å². The maximum Gasteiger partial charge on any atom is 0.337 e. The van der Waals surface area contributed by atoms with Crippen molar-refractivity contribution in [3.05, 3.63) is 29.3 Å². The molecule has 1 aromatic rings. The van der Waals surface area contributed by atoms with Gasteiger partial charge in [-0.3, -0.25) is 4.79 Å². The highest BCUT2D eigenvalue weighted by atomic mass is 16.5. The molecule has 0 aliphatic carbocycles. The molecular formula is C13H16O5. The van der Waals surface area contributed by atoms with E-state index in [1.165, 1.54) is 12.1 Å². The van der Waals surface area contributed by atoms with Crippen molar-refractivity contribution >= 4 is 11.8 Å². The molecule has 0 amide bonds. The molecule has 0 radical (unpaired) electrons. The Morgan fingerprint density at radius 3 is 2.50 bits per heavy atom. The minimum atomic E-state index is -1.77. The minimum absolute atomic E-state index is 0.0266. The third kappa shape index (κ3) is 2.87. The van der Waals surface area contributed by atoms with Gasteiger partial charge in [0.1, 0.15) is 5.75 Å². The number of carboxylic acid groups (broad SMARTS) is 1. The van der Waals surface area contributed by atoms with E-state index in [1.807, 2.05) is 0 Å². The fourth-order valence-electron chi connectivity index (χ4n) is 1.66. The van der Waals surface area contributed by atoms with Crippen LogP contribution in [0.5, 0.6) is 5.75 Å². The lowest BCUT2D eigenvalue weighted by molar-refractivity contribution is -0.147. The normalized spacial score (nSPS) is 11.9. The number of aliphatic hydroxyl groups is 1. The van der Waals surface area contributed by atoms with E-state index in [-0.39, 0.29) is 29.1 Å². The van der Waals surface area contributed by atoms with Crippen molar-refractivity contribution in [2.75, 3.05) is 6.61 Å². The van der Waals surface area contributed by atoms with Crippen LogP contribution in [0, 0.1) is 0 Å². The SMILES string of the molecule is CCOc1cccc(C(=O)CC)c1C(O)C(=O)O. The summed E-state index contributed by atoms with van der Waals surface area (Å²) in [5, 5.41) is 18.6. The van der Waals surface area contributed by atoms with E-state index < -0.39 is 12.1 Å². The van der Waals surface area contributed by atoms with Gasteiger partial charge in [0.05, 0.1) is 6.61 Å². The Labute approximate surface area is 105 Å². The summed E-state index contributed by atoms with van der Waals surface area (Å²) in [7, 11) is 0. The third-order valence-electron chi connectivity index (χ3n) is 2.49. The molecule has 1 rings (SSSR count). The molecule has 18 heavy (non-hydrogen) atoms. The summed E-state index contributed by atoms with van der Waals surface area (Å²) in [6.07, 6.45) is -1.53. The van der Waals surface area contributed by atoms with Crippen LogP contribution in [0.15, 0.2) is 18.2 Å². The number of hydrogen-bond donors (Lipinski definition) is 2. The second kappa shape index (κ2) is 6.16. The van der Waals surface area contributed by atoms with Gasteiger partial charge in [-0.15, -0.1) is 0 Å². The van der Waals surface area contributed by atoms with Gasteiger partial charge in [-0.2, -0.15) is 0 Å². The molecule has 0 saturated carbocycles. The molecule has 0 spiro atoms. The van der Waals surface area contributed by atoms with Crippen molar-refractivity contribution in [2.45, 2.75) is 26.4 Å². The molecule has 0 saturated heterocycles. The zero-order chi connectivity index (χ0) is 13.7. The number of aliphatic carboxylic acids is 1. The Balaban J connectivity index is 3.38. The fraction of sp³-hybridized carbons (Fsp3) is 0.385. The molecule has 0 aliphatic rings. The number of carbonyl (C=O) groups is 2. The highest BCUT2D eigenvalue weighted by Crippen LogP contribution is 2.30. The number of rotatable bonds is 6. The summed E-state index contributed by atoms with van der Waals surface area (Å²) in [5.41, 5.74) is 0.219. The van der Waals surface area contributed by atoms with Gasteiger partial charge in [-0.25, -0.2) is 4.79 Å². The first-order valence-electron chi connectivity index (χ1n) is 5.72. The predicted molar refractivity (Wildman–Crippen MR) is 64.8 cm³/mol. The van der Waals surface area contributed by atoms with Crippen LogP contribution in [0.1, 0.15) is 42.3 Å². The number of benzene rings is 1. The Bertz CT molecular complexity index is 453. The van der Waals surface area contributed by atoms with Gasteiger partial charge in [-0.05, 0) is 13.0 Å². The first kappa shape index (κ1) is 14.2. The van der Waals surface area contributed by atoms with Crippen molar-refractivity contribution in [1.29, 1.82) is 0 Å². The molecule has 1 atom stereocenters. The number of carboxylic acids is 1. The first-order chi connectivity index (χ1) is 8.52. The van der Waals surface area contributed by atoms with Crippen LogP contribution in [0.2, 0.25) is 0 Å².